The van der Waals surface area contributed by atoms with Crippen LogP contribution in [0.5, 0.6) is 0 Å². The zero-order valence-electron chi connectivity index (χ0n) is 15.9. The fourth-order valence-electron chi connectivity index (χ4n) is 2.99. The van der Waals surface area contributed by atoms with Crippen molar-refractivity contribution < 1.29 is 14.6 Å². The molecule has 0 fully saturated rings. The van der Waals surface area contributed by atoms with Crippen LogP contribution < -0.4 is 5.32 Å². The molecule has 4 heteroatoms. The van der Waals surface area contributed by atoms with Crippen molar-refractivity contribution in [3.05, 3.63) is 23.7 Å². The van der Waals surface area contributed by atoms with Crippen molar-refractivity contribution in [1.29, 1.82) is 0 Å². The van der Waals surface area contributed by atoms with Crippen molar-refractivity contribution in [2.45, 2.75) is 65.2 Å². The number of methoxy groups -OCH3 is 1. The molecule has 0 amide bonds. The summed E-state index contributed by atoms with van der Waals surface area (Å²) in [6.45, 7) is 7.13. The Kier molecular flexibility index (Phi) is 10.9. The van der Waals surface area contributed by atoms with Gasteiger partial charge in [0.25, 0.3) is 0 Å². The fraction of sp³-hybridized carbons (Fsp3) is 0.800. The lowest BCUT2D eigenvalue weighted by molar-refractivity contribution is 0.157. The van der Waals surface area contributed by atoms with Gasteiger partial charge in [0.2, 0.25) is 0 Å². The molecule has 0 aromatic carbocycles. The summed E-state index contributed by atoms with van der Waals surface area (Å²) in [4.78, 5) is 0. The molecule has 2 N–H and O–H groups in total. The van der Waals surface area contributed by atoms with Crippen LogP contribution in [-0.4, -0.2) is 38.5 Å². The van der Waals surface area contributed by atoms with E-state index in [0.717, 1.165) is 50.5 Å². The first-order valence-electron chi connectivity index (χ1n) is 9.57. The molecule has 0 radical (unpaired) electrons. The molecule has 1 aliphatic rings. The maximum absolute atomic E-state index is 8.86. The zero-order valence-corrected chi connectivity index (χ0v) is 15.9. The lowest BCUT2D eigenvalue weighted by Crippen LogP contribution is -2.36. The predicted octanol–water partition coefficient (Wildman–Crippen LogP) is 4.16. The quantitative estimate of drug-likeness (QED) is 0.467. The fourth-order valence-corrected chi connectivity index (χ4v) is 2.99. The van der Waals surface area contributed by atoms with Gasteiger partial charge in [-0.2, -0.15) is 0 Å². The number of rotatable bonds is 14. The number of hydrogen-bond acceptors (Lipinski definition) is 4. The smallest absolute Gasteiger partial charge is 0.118 e. The number of nitrogens with one attached hydrogen (secondary N) is 1. The number of hydrogen-bond donors (Lipinski definition) is 2. The van der Waals surface area contributed by atoms with Crippen molar-refractivity contribution in [3.8, 4) is 0 Å². The van der Waals surface area contributed by atoms with Crippen molar-refractivity contribution in [3.63, 3.8) is 0 Å². The van der Waals surface area contributed by atoms with Gasteiger partial charge in [0.15, 0.2) is 0 Å². The maximum Gasteiger partial charge on any atom is 0.118 e. The van der Waals surface area contributed by atoms with Crippen LogP contribution in [0.15, 0.2) is 23.7 Å². The number of allylic oxidation sites excluding steroid dienone is 2. The first kappa shape index (κ1) is 21.0. The second-order valence-corrected chi connectivity index (χ2v) is 6.95. The highest BCUT2D eigenvalue weighted by Crippen LogP contribution is 2.36. The summed E-state index contributed by atoms with van der Waals surface area (Å²) < 4.78 is 11.5. The molecular weight excluding hydrogens is 302 g/mol. The van der Waals surface area contributed by atoms with Gasteiger partial charge < -0.3 is 19.9 Å². The topological polar surface area (TPSA) is 50.7 Å². The third kappa shape index (κ3) is 7.71. The number of aliphatic hydroxyl groups is 1. The van der Waals surface area contributed by atoms with Crippen LogP contribution in [0, 0.1) is 5.41 Å². The number of unbranched alkanes of at least 4 members (excludes halogenated alkanes) is 5. The lowest BCUT2D eigenvalue weighted by atomic mass is 9.81. The molecule has 1 atom stereocenters. The van der Waals surface area contributed by atoms with Crippen LogP contribution in [0.4, 0.5) is 0 Å². The molecule has 0 aromatic rings. The summed E-state index contributed by atoms with van der Waals surface area (Å²) in [5.41, 5.74) is -0.0444. The summed E-state index contributed by atoms with van der Waals surface area (Å²) in [6, 6.07) is 0. The van der Waals surface area contributed by atoms with Gasteiger partial charge in [-0.25, -0.2) is 0 Å². The highest BCUT2D eigenvalue weighted by atomic mass is 16.5. The molecule has 0 bridgehead atoms. The van der Waals surface area contributed by atoms with E-state index in [-0.39, 0.29) is 12.0 Å². The van der Waals surface area contributed by atoms with E-state index < -0.39 is 0 Å². The van der Waals surface area contributed by atoms with E-state index in [1.54, 1.807) is 7.11 Å². The van der Waals surface area contributed by atoms with Crippen molar-refractivity contribution in [1.82, 2.24) is 5.32 Å². The van der Waals surface area contributed by atoms with Crippen LogP contribution in [-0.2, 0) is 9.47 Å². The Balaban J connectivity index is 2.32. The van der Waals surface area contributed by atoms with Crippen LogP contribution in [0.2, 0.25) is 0 Å². The monoisotopic (exact) mass is 339 g/mol. The van der Waals surface area contributed by atoms with Gasteiger partial charge in [-0.05, 0) is 31.9 Å². The molecule has 0 heterocycles. The lowest BCUT2D eigenvalue weighted by Gasteiger charge is -2.33. The minimum absolute atomic E-state index is 0.0444. The SMILES string of the molecule is CCCCCCCCOC1=CCC(C)(CNCCCO)C(OC)=C1. The Morgan fingerprint density at radius 2 is 1.92 bits per heavy atom. The molecular formula is C20H37NO3. The van der Waals surface area contributed by atoms with Crippen LogP contribution in [0.1, 0.15) is 65.2 Å². The minimum Gasteiger partial charge on any atom is -0.500 e. The van der Waals surface area contributed by atoms with Gasteiger partial charge in [-0.15, -0.1) is 0 Å². The van der Waals surface area contributed by atoms with E-state index in [9.17, 15) is 0 Å². The molecule has 4 nitrogen and oxygen atoms in total. The Labute approximate surface area is 148 Å². The van der Waals surface area contributed by atoms with Crippen LogP contribution in [0.3, 0.4) is 0 Å². The van der Waals surface area contributed by atoms with Crippen molar-refractivity contribution in [2.24, 2.45) is 5.41 Å². The van der Waals surface area contributed by atoms with Gasteiger partial charge in [0.1, 0.15) is 11.5 Å². The summed E-state index contributed by atoms with van der Waals surface area (Å²) in [5.74, 6) is 1.91. The van der Waals surface area contributed by atoms with E-state index >= 15 is 0 Å². The zero-order chi connectivity index (χ0) is 17.7. The summed E-state index contributed by atoms with van der Waals surface area (Å²) in [6.07, 6.45) is 13.6. The number of ether oxygens (including phenoxy) is 2. The van der Waals surface area contributed by atoms with Crippen molar-refractivity contribution >= 4 is 0 Å². The van der Waals surface area contributed by atoms with Gasteiger partial charge in [0, 0.05) is 24.6 Å². The Bertz CT molecular complexity index is 392. The van der Waals surface area contributed by atoms with Crippen LogP contribution in [0.25, 0.3) is 0 Å². The average Bonchev–Trinajstić information content (AvgIpc) is 2.59. The second kappa shape index (κ2) is 12.4. The van der Waals surface area contributed by atoms with E-state index in [2.05, 4.69) is 25.2 Å². The van der Waals surface area contributed by atoms with Gasteiger partial charge in [0.05, 0.1) is 13.7 Å². The highest BCUT2D eigenvalue weighted by molar-refractivity contribution is 5.26. The Morgan fingerprint density at radius 3 is 2.62 bits per heavy atom. The van der Waals surface area contributed by atoms with Gasteiger partial charge in [-0.1, -0.05) is 46.0 Å². The summed E-state index contributed by atoms with van der Waals surface area (Å²) in [5, 5.41) is 12.3. The molecule has 0 aromatic heterocycles. The largest absolute Gasteiger partial charge is 0.500 e. The van der Waals surface area contributed by atoms with Crippen molar-refractivity contribution in [2.75, 3.05) is 33.4 Å². The molecule has 0 saturated carbocycles. The molecule has 0 saturated heterocycles. The van der Waals surface area contributed by atoms with E-state index in [1.807, 2.05) is 6.08 Å². The molecule has 140 valence electrons. The number of aliphatic hydroxyl groups excluding tert-OH is 1. The molecule has 0 aliphatic heterocycles. The molecule has 24 heavy (non-hydrogen) atoms. The first-order valence-corrected chi connectivity index (χ1v) is 9.57. The molecule has 1 unspecified atom stereocenters. The summed E-state index contributed by atoms with van der Waals surface area (Å²) >= 11 is 0. The van der Waals surface area contributed by atoms with Gasteiger partial charge in [-0.3, -0.25) is 0 Å². The van der Waals surface area contributed by atoms with E-state index in [1.165, 1.54) is 32.1 Å². The molecule has 0 spiro atoms. The Hall–Kier alpha value is -1.00. The second-order valence-electron chi connectivity index (χ2n) is 6.95. The third-order valence-corrected chi connectivity index (χ3v) is 4.64. The normalized spacial score (nSPS) is 20.5. The summed E-state index contributed by atoms with van der Waals surface area (Å²) in [7, 11) is 1.73. The highest BCUT2D eigenvalue weighted by Gasteiger charge is 2.32. The molecule has 1 rings (SSSR count). The molecule has 1 aliphatic carbocycles. The average molecular weight is 340 g/mol. The predicted molar refractivity (Wildman–Crippen MR) is 99.8 cm³/mol. The first-order chi connectivity index (χ1) is 11.7. The standard InChI is InChI=1S/C20H37NO3/c1-4-5-6-7-8-9-15-24-18-11-12-20(2,19(16-18)23-3)17-21-13-10-14-22/h11,16,21-22H,4-10,12-15,17H2,1-3H3. The van der Waals surface area contributed by atoms with Crippen LogP contribution >= 0.6 is 0 Å². The van der Waals surface area contributed by atoms with Gasteiger partial charge >= 0.3 is 0 Å². The van der Waals surface area contributed by atoms with E-state index in [0.29, 0.717) is 0 Å². The third-order valence-electron chi connectivity index (χ3n) is 4.64. The minimum atomic E-state index is -0.0444. The van der Waals surface area contributed by atoms with E-state index in [4.69, 9.17) is 14.6 Å². The maximum atomic E-state index is 8.86. The Morgan fingerprint density at radius 1 is 1.17 bits per heavy atom.